The van der Waals surface area contributed by atoms with Gasteiger partial charge in [-0.15, -0.1) is 10.2 Å². The predicted octanol–water partition coefficient (Wildman–Crippen LogP) is 2.93. The molecule has 0 spiro atoms. The summed E-state index contributed by atoms with van der Waals surface area (Å²) in [6.45, 7) is 5.71. The van der Waals surface area contributed by atoms with Gasteiger partial charge in [0.1, 0.15) is 12.4 Å². The first-order valence-electron chi connectivity index (χ1n) is 8.47. The number of piperidine rings is 1. The van der Waals surface area contributed by atoms with E-state index in [2.05, 4.69) is 27.1 Å². The molecule has 0 N–H and O–H groups in total. The lowest BCUT2D eigenvalue weighted by Gasteiger charge is -2.34. The van der Waals surface area contributed by atoms with Crippen LogP contribution in [-0.2, 0) is 0 Å². The number of hydrogen-bond donors (Lipinski definition) is 0. The molecule has 4 rings (SSSR count). The highest BCUT2D eigenvalue weighted by Gasteiger charge is 2.25. The van der Waals surface area contributed by atoms with E-state index in [4.69, 9.17) is 4.74 Å². The first-order valence-corrected chi connectivity index (χ1v) is 8.47. The molecule has 0 saturated carbocycles. The van der Waals surface area contributed by atoms with Crippen molar-refractivity contribution in [2.75, 3.05) is 18.0 Å². The zero-order valence-corrected chi connectivity index (χ0v) is 14.3. The van der Waals surface area contributed by atoms with Gasteiger partial charge in [-0.1, -0.05) is 12.1 Å². The molecule has 130 valence electrons. The van der Waals surface area contributed by atoms with E-state index < -0.39 is 0 Å². The van der Waals surface area contributed by atoms with E-state index in [1.54, 1.807) is 29.0 Å². The van der Waals surface area contributed by atoms with Gasteiger partial charge in [-0.2, -0.15) is 9.61 Å². The molecule has 1 aromatic carbocycles. The molecular formula is C18H20FN5O. The van der Waals surface area contributed by atoms with Crippen LogP contribution < -0.4 is 9.64 Å². The fraction of sp³-hybridized carbons (Fsp3) is 0.389. The molecule has 0 atom stereocenters. The molecule has 1 aliphatic heterocycles. The lowest BCUT2D eigenvalue weighted by Crippen LogP contribution is -2.39. The van der Waals surface area contributed by atoms with Crippen LogP contribution in [0.25, 0.3) is 5.65 Å². The van der Waals surface area contributed by atoms with Crippen LogP contribution in [0.4, 0.5) is 10.1 Å². The molecule has 1 aliphatic rings. The highest BCUT2D eigenvalue weighted by atomic mass is 19.1. The number of benzene rings is 1. The van der Waals surface area contributed by atoms with Gasteiger partial charge in [0.15, 0.2) is 11.6 Å². The van der Waals surface area contributed by atoms with Gasteiger partial charge in [0.05, 0.1) is 11.4 Å². The van der Waals surface area contributed by atoms with Crippen molar-refractivity contribution in [3.05, 3.63) is 47.7 Å². The normalized spacial score (nSPS) is 15.7. The number of rotatable bonds is 3. The zero-order chi connectivity index (χ0) is 17.4. The van der Waals surface area contributed by atoms with Crippen molar-refractivity contribution in [2.45, 2.75) is 32.8 Å². The zero-order valence-electron chi connectivity index (χ0n) is 14.3. The van der Waals surface area contributed by atoms with Crippen molar-refractivity contribution in [1.82, 2.24) is 19.8 Å². The average molecular weight is 341 g/mol. The molecule has 0 unspecified atom stereocenters. The van der Waals surface area contributed by atoms with Crippen LogP contribution in [0.15, 0.2) is 30.6 Å². The van der Waals surface area contributed by atoms with Gasteiger partial charge in [-0.3, -0.25) is 0 Å². The Labute approximate surface area is 145 Å². The number of hydrogen-bond acceptors (Lipinski definition) is 5. The number of ether oxygens (including phenoxy) is 1. The molecular weight excluding hydrogens is 321 g/mol. The number of halogens is 1. The Hall–Kier alpha value is -2.70. The predicted molar refractivity (Wildman–Crippen MR) is 92.5 cm³/mol. The number of fused-ring (bicyclic) bond motifs is 1. The molecule has 0 bridgehead atoms. The lowest BCUT2D eigenvalue weighted by molar-refractivity contribution is 0.164. The quantitative estimate of drug-likeness (QED) is 0.733. The van der Waals surface area contributed by atoms with E-state index in [0.717, 1.165) is 48.5 Å². The first-order chi connectivity index (χ1) is 12.1. The number of para-hydroxylation sites is 1. The van der Waals surface area contributed by atoms with Crippen molar-refractivity contribution in [2.24, 2.45) is 0 Å². The maximum Gasteiger partial charge on any atom is 0.201 e. The molecule has 7 heteroatoms. The van der Waals surface area contributed by atoms with Crippen LogP contribution in [0, 0.1) is 19.7 Å². The summed E-state index contributed by atoms with van der Waals surface area (Å²) in [7, 11) is 0. The second kappa shape index (κ2) is 6.31. The Kier molecular flexibility index (Phi) is 3.99. The Morgan fingerprint density at radius 1 is 1.16 bits per heavy atom. The monoisotopic (exact) mass is 341 g/mol. The number of aryl methyl sites for hydroxylation is 1. The highest BCUT2D eigenvalue weighted by Crippen LogP contribution is 2.30. The molecule has 1 saturated heterocycles. The summed E-state index contributed by atoms with van der Waals surface area (Å²) in [4.78, 5) is 2.30. The van der Waals surface area contributed by atoms with Gasteiger partial charge in [0.2, 0.25) is 5.65 Å². The molecule has 3 heterocycles. The minimum atomic E-state index is -0.310. The van der Waals surface area contributed by atoms with E-state index in [1.165, 1.54) is 6.07 Å². The average Bonchev–Trinajstić information content (AvgIpc) is 3.07. The van der Waals surface area contributed by atoms with Crippen LogP contribution in [0.3, 0.4) is 0 Å². The summed E-state index contributed by atoms with van der Waals surface area (Å²) in [5, 5.41) is 12.7. The molecule has 2 aromatic heterocycles. The Balaban J connectivity index is 1.52. The molecule has 1 fully saturated rings. The van der Waals surface area contributed by atoms with Gasteiger partial charge in [-0.25, -0.2) is 4.39 Å². The number of anilines is 1. The van der Waals surface area contributed by atoms with Gasteiger partial charge in [0.25, 0.3) is 0 Å². The van der Waals surface area contributed by atoms with Gasteiger partial charge in [0, 0.05) is 25.9 Å². The third kappa shape index (κ3) is 2.90. The van der Waals surface area contributed by atoms with E-state index >= 15 is 0 Å². The van der Waals surface area contributed by atoms with Crippen molar-refractivity contribution >= 4 is 11.3 Å². The summed E-state index contributed by atoms with van der Waals surface area (Å²) >= 11 is 0. The minimum absolute atomic E-state index is 0.0188. The molecule has 3 aromatic rings. The third-order valence-corrected chi connectivity index (χ3v) is 4.79. The Morgan fingerprint density at radius 2 is 1.92 bits per heavy atom. The van der Waals surface area contributed by atoms with Crippen molar-refractivity contribution < 1.29 is 9.13 Å². The summed E-state index contributed by atoms with van der Waals surface area (Å²) in [6.07, 6.45) is 3.30. The third-order valence-electron chi connectivity index (χ3n) is 4.79. The molecule has 0 amide bonds. The lowest BCUT2D eigenvalue weighted by atomic mass is 10.1. The van der Waals surface area contributed by atoms with Crippen LogP contribution in [-0.4, -0.2) is 39.0 Å². The standard InChI is InChI=1S/C18H20FN5O/c1-12-13(2)22-24-11-20-21-18(24)17(12)23-9-7-14(8-10-23)25-16-6-4-3-5-15(16)19/h3-6,11,14H,7-10H2,1-2H3. The molecule has 25 heavy (non-hydrogen) atoms. The van der Waals surface area contributed by atoms with E-state index in [1.807, 2.05) is 6.92 Å². The van der Waals surface area contributed by atoms with Crippen molar-refractivity contribution in [3.63, 3.8) is 0 Å². The number of aromatic nitrogens is 4. The molecule has 0 radical (unpaired) electrons. The largest absolute Gasteiger partial charge is 0.487 e. The van der Waals surface area contributed by atoms with Gasteiger partial charge >= 0.3 is 0 Å². The van der Waals surface area contributed by atoms with Crippen LogP contribution in [0.2, 0.25) is 0 Å². The second-order valence-electron chi connectivity index (χ2n) is 6.39. The Morgan fingerprint density at radius 3 is 2.68 bits per heavy atom. The van der Waals surface area contributed by atoms with Crippen LogP contribution in [0.1, 0.15) is 24.1 Å². The van der Waals surface area contributed by atoms with E-state index in [0.29, 0.717) is 5.75 Å². The van der Waals surface area contributed by atoms with E-state index in [-0.39, 0.29) is 11.9 Å². The molecule has 6 nitrogen and oxygen atoms in total. The van der Waals surface area contributed by atoms with Crippen LogP contribution >= 0.6 is 0 Å². The fourth-order valence-corrected chi connectivity index (χ4v) is 3.33. The van der Waals surface area contributed by atoms with Gasteiger partial charge in [-0.05, 0) is 31.5 Å². The van der Waals surface area contributed by atoms with E-state index in [9.17, 15) is 4.39 Å². The molecule has 0 aliphatic carbocycles. The number of nitrogens with zero attached hydrogens (tertiary/aromatic N) is 5. The first kappa shape index (κ1) is 15.8. The smallest absolute Gasteiger partial charge is 0.201 e. The maximum absolute atomic E-state index is 13.8. The fourth-order valence-electron chi connectivity index (χ4n) is 3.33. The summed E-state index contributed by atoms with van der Waals surface area (Å²) < 4.78 is 21.3. The summed E-state index contributed by atoms with van der Waals surface area (Å²) in [5.41, 5.74) is 3.94. The maximum atomic E-state index is 13.8. The highest BCUT2D eigenvalue weighted by molar-refractivity contribution is 5.72. The Bertz CT molecular complexity index is 902. The summed E-state index contributed by atoms with van der Waals surface area (Å²) in [6, 6.07) is 6.56. The van der Waals surface area contributed by atoms with Gasteiger partial charge < -0.3 is 9.64 Å². The topological polar surface area (TPSA) is 55.5 Å². The van der Waals surface area contributed by atoms with Crippen molar-refractivity contribution in [3.8, 4) is 5.75 Å². The summed E-state index contributed by atoms with van der Waals surface area (Å²) in [5.74, 6) is 0.0208. The second-order valence-corrected chi connectivity index (χ2v) is 6.39. The van der Waals surface area contributed by atoms with Crippen LogP contribution in [0.5, 0.6) is 5.75 Å². The SMILES string of the molecule is Cc1nn2cnnc2c(N2CCC(Oc3ccccc3F)CC2)c1C. The van der Waals surface area contributed by atoms with Crippen molar-refractivity contribution in [1.29, 1.82) is 0 Å². The minimum Gasteiger partial charge on any atom is -0.487 e.